The van der Waals surface area contributed by atoms with Crippen LogP contribution in [0.5, 0.6) is 5.75 Å². The van der Waals surface area contributed by atoms with Crippen LogP contribution in [-0.2, 0) is 16.0 Å². The van der Waals surface area contributed by atoms with Gasteiger partial charge >= 0.3 is 5.97 Å². The van der Waals surface area contributed by atoms with Crippen molar-refractivity contribution >= 4 is 26.2 Å². The Morgan fingerprint density at radius 1 is 1.02 bits per heavy atom. The van der Waals surface area contributed by atoms with Crippen molar-refractivity contribution in [3.63, 3.8) is 0 Å². The molecule has 43 heavy (non-hydrogen) atoms. The topological polar surface area (TPSA) is 86.5 Å². The van der Waals surface area contributed by atoms with E-state index in [4.69, 9.17) is 18.6 Å². The first-order valence-electron chi connectivity index (χ1n) is 14.3. The first-order valence-corrected chi connectivity index (χ1v) is 17.2. The molecule has 0 amide bonds. The summed E-state index contributed by atoms with van der Waals surface area (Å²) in [6, 6.07) is 17.9. The number of halogens is 1. The van der Waals surface area contributed by atoms with E-state index in [1.54, 1.807) is 51.1 Å². The maximum absolute atomic E-state index is 15.3. The van der Waals surface area contributed by atoms with Crippen molar-refractivity contribution < 1.29 is 22.8 Å². The Labute approximate surface area is 254 Å². The number of nitrogens with one attached hydrogen (secondary N) is 1. The minimum Gasteiger partial charge on any atom is -0.543 e. The Morgan fingerprint density at radius 2 is 1.74 bits per heavy atom. The molecule has 2 aromatic heterocycles. The summed E-state index contributed by atoms with van der Waals surface area (Å²) in [4.78, 5) is 22.7. The van der Waals surface area contributed by atoms with Gasteiger partial charge in [0.25, 0.3) is 0 Å². The lowest BCUT2D eigenvalue weighted by molar-refractivity contribution is -0.149. The number of hydrogen-bond donors (Lipinski definition) is 1. The van der Waals surface area contributed by atoms with Gasteiger partial charge in [-0.05, 0) is 74.8 Å². The SMILES string of the molecule is CC(C)(C)OC(=O)/C(=C/c1ccco1)Nc1ncc(-c2cc(O[Si](C)(C)C(C)(C)C)ccc2F)nc1Cc1ccccc1. The monoisotopic (exact) mass is 601 g/mol. The van der Waals surface area contributed by atoms with Crippen molar-refractivity contribution in [1.29, 1.82) is 0 Å². The highest BCUT2D eigenvalue weighted by Gasteiger charge is 2.39. The van der Waals surface area contributed by atoms with Crippen LogP contribution in [0.1, 0.15) is 58.6 Å². The van der Waals surface area contributed by atoms with Gasteiger partial charge in [-0.1, -0.05) is 51.1 Å². The number of carbonyl (C=O) groups is 1. The molecule has 4 rings (SSSR count). The molecule has 2 heterocycles. The molecule has 0 saturated carbocycles. The number of aromatic nitrogens is 2. The minimum atomic E-state index is -2.16. The second kappa shape index (κ2) is 12.5. The van der Waals surface area contributed by atoms with Crippen molar-refractivity contribution in [1.82, 2.24) is 9.97 Å². The van der Waals surface area contributed by atoms with E-state index in [0.717, 1.165) is 5.56 Å². The Kier molecular flexibility index (Phi) is 9.25. The van der Waals surface area contributed by atoms with Gasteiger partial charge in [0.1, 0.15) is 28.6 Å². The summed E-state index contributed by atoms with van der Waals surface area (Å²) in [7, 11) is -2.16. The fraction of sp³-hybridized carbons (Fsp3) is 0.324. The number of ether oxygens (including phenoxy) is 1. The van der Waals surface area contributed by atoms with Gasteiger partial charge < -0.3 is 18.9 Å². The lowest BCUT2D eigenvalue weighted by atomic mass is 10.1. The van der Waals surface area contributed by atoms with Crippen molar-refractivity contribution in [2.75, 3.05) is 5.32 Å². The minimum absolute atomic E-state index is 0.0213. The summed E-state index contributed by atoms with van der Waals surface area (Å²) in [6.45, 7) is 16.1. The molecule has 0 fully saturated rings. The highest BCUT2D eigenvalue weighted by atomic mass is 28.4. The van der Waals surface area contributed by atoms with Crippen LogP contribution in [-0.4, -0.2) is 29.9 Å². The van der Waals surface area contributed by atoms with Crippen molar-refractivity contribution in [2.45, 2.75) is 71.7 Å². The van der Waals surface area contributed by atoms with Crippen LogP contribution < -0.4 is 9.74 Å². The van der Waals surface area contributed by atoms with Crippen LogP contribution in [0.15, 0.2) is 83.2 Å². The lowest BCUT2D eigenvalue weighted by Gasteiger charge is -2.36. The summed E-state index contributed by atoms with van der Waals surface area (Å²) in [6.07, 6.45) is 4.95. The van der Waals surface area contributed by atoms with Crippen LogP contribution >= 0.6 is 0 Å². The quantitative estimate of drug-likeness (QED) is 0.117. The standard InChI is InChI=1S/C34H40FN3O4Si/c1-33(2,3)41-32(39)29(21-24-15-12-18-40-24)38-31-28(19-23-13-10-9-11-14-23)37-30(22-36-31)26-20-25(16-17-27(26)35)42-43(7,8)34(4,5)6/h9-18,20-22H,19H2,1-8H3,(H,36,38)/b29-21-. The van der Waals surface area contributed by atoms with Gasteiger partial charge in [-0.2, -0.15) is 0 Å². The van der Waals surface area contributed by atoms with Gasteiger partial charge in [0.15, 0.2) is 5.82 Å². The zero-order chi connectivity index (χ0) is 31.4. The molecule has 0 aliphatic heterocycles. The Hall–Kier alpha value is -4.24. The first-order chi connectivity index (χ1) is 20.1. The van der Waals surface area contributed by atoms with Crippen LogP contribution in [0.4, 0.5) is 10.2 Å². The predicted molar refractivity (Wildman–Crippen MR) is 171 cm³/mol. The second-order valence-electron chi connectivity index (χ2n) is 12.9. The third-order valence-electron chi connectivity index (χ3n) is 7.15. The number of nitrogens with zero attached hydrogens (tertiary/aromatic N) is 2. The largest absolute Gasteiger partial charge is 0.543 e. The lowest BCUT2D eigenvalue weighted by Crippen LogP contribution is -2.43. The zero-order valence-corrected chi connectivity index (χ0v) is 27.1. The molecule has 0 aliphatic carbocycles. The number of hydrogen-bond acceptors (Lipinski definition) is 7. The summed E-state index contributed by atoms with van der Waals surface area (Å²) in [5, 5.41) is 3.10. The van der Waals surface area contributed by atoms with E-state index in [0.29, 0.717) is 35.1 Å². The smallest absolute Gasteiger partial charge is 0.355 e. The maximum atomic E-state index is 15.3. The van der Waals surface area contributed by atoms with E-state index < -0.39 is 25.7 Å². The first kappa shape index (κ1) is 31.7. The maximum Gasteiger partial charge on any atom is 0.355 e. The summed E-state index contributed by atoms with van der Waals surface area (Å²) >= 11 is 0. The molecular formula is C34H40FN3O4Si. The summed E-state index contributed by atoms with van der Waals surface area (Å²) in [5.74, 6) is 0.371. The fourth-order valence-corrected chi connectivity index (χ4v) is 4.93. The van der Waals surface area contributed by atoms with E-state index in [2.05, 4.69) is 44.2 Å². The number of esters is 1. The van der Waals surface area contributed by atoms with Gasteiger partial charge in [0.2, 0.25) is 8.32 Å². The van der Waals surface area contributed by atoms with E-state index >= 15 is 4.39 Å². The summed E-state index contributed by atoms with van der Waals surface area (Å²) in [5.41, 5.74) is 1.52. The van der Waals surface area contributed by atoms with E-state index in [1.807, 2.05) is 30.3 Å². The number of furan rings is 1. The predicted octanol–water partition coefficient (Wildman–Crippen LogP) is 8.65. The van der Waals surface area contributed by atoms with Crippen molar-refractivity contribution in [2.24, 2.45) is 0 Å². The molecule has 0 unspecified atom stereocenters. The highest BCUT2D eigenvalue weighted by molar-refractivity contribution is 6.74. The van der Waals surface area contributed by atoms with E-state index in [-0.39, 0.29) is 16.3 Å². The Bertz CT molecular complexity index is 1590. The molecule has 0 saturated heterocycles. The van der Waals surface area contributed by atoms with Crippen LogP contribution in [0.25, 0.3) is 17.3 Å². The molecule has 0 radical (unpaired) electrons. The van der Waals surface area contributed by atoms with Crippen molar-refractivity contribution in [3.05, 3.63) is 102 Å². The number of carbonyl (C=O) groups excluding carboxylic acids is 1. The molecule has 7 nitrogen and oxygen atoms in total. The van der Waals surface area contributed by atoms with Crippen LogP contribution in [0.2, 0.25) is 18.1 Å². The number of rotatable bonds is 9. The van der Waals surface area contributed by atoms with Gasteiger partial charge in [0, 0.05) is 18.1 Å². The fourth-order valence-electron chi connectivity index (χ4n) is 3.91. The average Bonchev–Trinajstić information content (AvgIpc) is 3.42. The number of anilines is 1. The summed E-state index contributed by atoms with van der Waals surface area (Å²) < 4.78 is 32.8. The molecule has 9 heteroatoms. The molecule has 226 valence electrons. The molecule has 2 aromatic carbocycles. The average molecular weight is 602 g/mol. The Balaban J connectivity index is 1.77. The zero-order valence-electron chi connectivity index (χ0n) is 26.1. The third kappa shape index (κ3) is 8.41. The van der Waals surface area contributed by atoms with E-state index in [9.17, 15) is 4.79 Å². The Morgan fingerprint density at radius 3 is 2.37 bits per heavy atom. The molecule has 1 N–H and O–H groups in total. The molecular weight excluding hydrogens is 561 g/mol. The van der Waals surface area contributed by atoms with Gasteiger partial charge in [0.05, 0.1) is 23.8 Å². The van der Waals surface area contributed by atoms with Crippen molar-refractivity contribution in [3.8, 4) is 17.0 Å². The number of benzene rings is 2. The highest BCUT2D eigenvalue weighted by Crippen LogP contribution is 2.38. The molecule has 4 aromatic rings. The van der Waals surface area contributed by atoms with E-state index in [1.165, 1.54) is 18.5 Å². The van der Waals surface area contributed by atoms with Gasteiger partial charge in [-0.3, -0.25) is 0 Å². The molecule has 0 atom stereocenters. The third-order valence-corrected chi connectivity index (χ3v) is 11.5. The molecule has 0 bridgehead atoms. The normalized spacial score (nSPS) is 12.6. The second-order valence-corrected chi connectivity index (χ2v) is 17.6. The van der Waals surface area contributed by atoms with Gasteiger partial charge in [-0.25, -0.2) is 19.2 Å². The van der Waals surface area contributed by atoms with Crippen LogP contribution in [0.3, 0.4) is 0 Å². The van der Waals surface area contributed by atoms with Crippen LogP contribution in [0, 0.1) is 5.82 Å². The van der Waals surface area contributed by atoms with Gasteiger partial charge in [-0.15, -0.1) is 0 Å². The molecule has 0 spiro atoms. The molecule has 0 aliphatic rings.